The van der Waals surface area contributed by atoms with Gasteiger partial charge in [0, 0.05) is 16.6 Å². The average Bonchev–Trinajstić information content (AvgIpc) is 2.59. The third-order valence-corrected chi connectivity index (χ3v) is 4.98. The molecule has 0 aromatic heterocycles. The standard InChI is InChI=1S/C17H14F6O/c18-16(19,20)10-4-5-13-14(24)7-6-12(17(21,22)23)11-3-1-2-8-15(11,13)9-10/h4-7H,1-3,8-9H2. The van der Waals surface area contributed by atoms with Gasteiger partial charge in [-0.3, -0.25) is 4.79 Å². The molecular formula is C17H14F6O. The van der Waals surface area contributed by atoms with Crippen LogP contribution < -0.4 is 0 Å². The van der Waals surface area contributed by atoms with Crippen molar-refractivity contribution in [2.45, 2.75) is 44.5 Å². The van der Waals surface area contributed by atoms with Crippen LogP contribution in [-0.4, -0.2) is 18.1 Å². The molecule has 24 heavy (non-hydrogen) atoms. The van der Waals surface area contributed by atoms with E-state index in [2.05, 4.69) is 0 Å². The molecule has 1 saturated carbocycles. The number of carbonyl (C=O) groups excluding carboxylic acids is 1. The fourth-order valence-electron chi connectivity index (χ4n) is 3.95. The van der Waals surface area contributed by atoms with E-state index in [1.165, 1.54) is 0 Å². The van der Waals surface area contributed by atoms with Gasteiger partial charge in [0.2, 0.25) is 0 Å². The summed E-state index contributed by atoms with van der Waals surface area (Å²) in [4.78, 5) is 12.3. The molecule has 0 aromatic rings. The summed E-state index contributed by atoms with van der Waals surface area (Å²) in [7, 11) is 0. The van der Waals surface area contributed by atoms with Crippen molar-refractivity contribution in [2.24, 2.45) is 5.41 Å². The lowest BCUT2D eigenvalue weighted by molar-refractivity contribution is -0.113. The molecule has 0 amide bonds. The summed E-state index contributed by atoms with van der Waals surface area (Å²) in [6.45, 7) is 0. The van der Waals surface area contributed by atoms with Gasteiger partial charge in [-0.1, -0.05) is 18.6 Å². The molecule has 1 atom stereocenters. The van der Waals surface area contributed by atoms with Crippen LogP contribution in [0.5, 0.6) is 0 Å². The van der Waals surface area contributed by atoms with Crippen LogP contribution in [-0.2, 0) is 4.79 Å². The third kappa shape index (κ3) is 2.63. The molecule has 0 N–H and O–H groups in total. The highest BCUT2D eigenvalue weighted by atomic mass is 19.4. The Morgan fingerprint density at radius 1 is 0.917 bits per heavy atom. The summed E-state index contributed by atoms with van der Waals surface area (Å²) in [5.74, 6) is -0.647. The van der Waals surface area contributed by atoms with Gasteiger partial charge < -0.3 is 0 Å². The Morgan fingerprint density at radius 2 is 1.62 bits per heavy atom. The first-order chi connectivity index (χ1) is 11.1. The molecule has 3 rings (SSSR count). The Morgan fingerprint density at radius 3 is 2.25 bits per heavy atom. The van der Waals surface area contributed by atoms with Crippen LogP contribution in [0.25, 0.3) is 0 Å². The molecule has 0 radical (unpaired) electrons. The molecule has 130 valence electrons. The van der Waals surface area contributed by atoms with Crippen LogP contribution in [0.4, 0.5) is 26.3 Å². The van der Waals surface area contributed by atoms with Gasteiger partial charge >= 0.3 is 12.4 Å². The SMILES string of the molecule is O=C1C=CC(C(F)(F)F)=C2CCCCC23CC(C(F)(F)F)=CC=C13. The lowest BCUT2D eigenvalue weighted by Gasteiger charge is -2.44. The van der Waals surface area contributed by atoms with Gasteiger partial charge in [-0.15, -0.1) is 0 Å². The molecule has 7 heteroatoms. The van der Waals surface area contributed by atoms with Gasteiger partial charge in [0.1, 0.15) is 0 Å². The second-order valence-corrected chi connectivity index (χ2v) is 6.32. The average molecular weight is 348 g/mol. The van der Waals surface area contributed by atoms with Gasteiger partial charge in [0.25, 0.3) is 0 Å². The largest absolute Gasteiger partial charge is 0.416 e. The van der Waals surface area contributed by atoms with Crippen LogP contribution in [0.3, 0.4) is 0 Å². The number of ketones is 1. The maximum Gasteiger partial charge on any atom is 0.416 e. The van der Waals surface area contributed by atoms with E-state index >= 15 is 0 Å². The van der Waals surface area contributed by atoms with Crippen LogP contribution >= 0.6 is 0 Å². The number of hydrogen-bond donors (Lipinski definition) is 0. The Labute approximate surface area is 134 Å². The van der Waals surface area contributed by atoms with Gasteiger partial charge in [-0.05, 0) is 43.4 Å². The zero-order valence-corrected chi connectivity index (χ0v) is 12.5. The summed E-state index contributed by atoms with van der Waals surface area (Å²) in [5, 5.41) is 0. The van der Waals surface area contributed by atoms with Gasteiger partial charge in [-0.25, -0.2) is 0 Å². The minimum atomic E-state index is -4.70. The molecule has 1 fully saturated rings. The van der Waals surface area contributed by atoms with Crippen molar-refractivity contribution in [1.29, 1.82) is 0 Å². The number of carbonyl (C=O) groups is 1. The van der Waals surface area contributed by atoms with Gasteiger partial charge in [0.05, 0.1) is 5.57 Å². The van der Waals surface area contributed by atoms with Crippen LogP contribution in [0.2, 0.25) is 0 Å². The minimum Gasteiger partial charge on any atom is -0.290 e. The second kappa shape index (κ2) is 5.36. The predicted molar refractivity (Wildman–Crippen MR) is 75.0 cm³/mol. The lowest BCUT2D eigenvalue weighted by atomic mass is 9.59. The number of alkyl halides is 6. The fraction of sp³-hybridized carbons (Fsp3) is 0.471. The highest BCUT2D eigenvalue weighted by Crippen LogP contribution is 2.57. The van der Waals surface area contributed by atoms with E-state index in [1.54, 1.807) is 0 Å². The maximum absolute atomic E-state index is 13.4. The van der Waals surface area contributed by atoms with Crippen LogP contribution in [0, 0.1) is 5.41 Å². The first-order valence-electron chi connectivity index (χ1n) is 7.57. The summed E-state index contributed by atoms with van der Waals surface area (Å²) >= 11 is 0. The second-order valence-electron chi connectivity index (χ2n) is 6.32. The zero-order chi connectivity index (χ0) is 17.8. The molecule has 0 heterocycles. The van der Waals surface area contributed by atoms with E-state index < -0.39 is 41.1 Å². The van der Waals surface area contributed by atoms with Crippen molar-refractivity contribution in [3.8, 4) is 0 Å². The molecule has 3 aliphatic carbocycles. The Balaban J connectivity index is 2.25. The molecule has 0 aliphatic heterocycles. The summed E-state index contributed by atoms with van der Waals surface area (Å²) in [5.41, 5.74) is -3.39. The quantitative estimate of drug-likeness (QED) is 0.539. The van der Waals surface area contributed by atoms with E-state index in [9.17, 15) is 31.1 Å². The van der Waals surface area contributed by atoms with E-state index in [-0.39, 0.29) is 24.0 Å². The normalized spacial score (nSPS) is 28.0. The van der Waals surface area contributed by atoms with Gasteiger partial charge in [-0.2, -0.15) is 26.3 Å². The van der Waals surface area contributed by atoms with E-state index in [1.807, 2.05) is 0 Å². The predicted octanol–water partition coefficient (Wildman–Crippen LogP) is 5.36. The first-order valence-corrected chi connectivity index (χ1v) is 7.57. The molecule has 1 spiro atoms. The fourth-order valence-corrected chi connectivity index (χ4v) is 3.95. The molecule has 1 nitrogen and oxygen atoms in total. The summed E-state index contributed by atoms with van der Waals surface area (Å²) in [6.07, 6.45) is -5.38. The van der Waals surface area contributed by atoms with E-state index in [0.717, 1.165) is 24.3 Å². The van der Waals surface area contributed by atoms with Crippen molar-refractivity contribution in [2.75, 3.05) is 0 Å². The van der Waals surface area contributed by atoms with Gasteiger partial charge in [0.15, 0.2) is 5.78 Å². The van der Waals surface area contributed by atoms with E-state index in [4.69, 9.17) is 0 Å². The molecule has 1 unspecified atom stereocenters. The topological polar surface area (TPSA) is 17.1 Å². The van der Waals surface area contributed by atoms with Crippen molar-refractivity contribution >= 4 is 5.78 Å². The number of allylic oxidation sites excluding steroid dienone is 8. The maximum atomic E-state index is 13.4. The van der Waals surface area contributed by atoms with Crippen LogP contribution in [0.15, 0.2) is 46.6 Å². The van der Waals surface area contributed by atoms with Crippen molar-refractivity contribution in [3.63, 3.8) is 0 Å². The molecule has 0 aromatic carbocycles. The summed E-state index contributed by atoms with van der Waals surface area (Å²) < 4.78 is 79.7. The molecule has 3 aliphatic rings. The number of halogens is 6. The highest BCUT2D eigenvalue weighted by molar-refractivity contribution is 6.07. The molecular weight excluding hydrogens is 334 g/mol. The molecule has 0 saturated heterocycles. The van der Waals surface area contributed by atoms with E-state index in [0.29, 0.717) is 12.8 Å². The number of rotatable bonds is 0. The summed E-state index contributed by atoms with van der Waals surface area (Å²) in [6, 6.07) is 0. The Bertz CT molecular complexity index is 702. The van der Waals surface area contributed by atoms with Crippen molar-refractivity contribution in [1.82, 2.24) is 0 Å². The first kappa shape index (κ1) is 17.0. The lowest BCUT2D eigenvalue weighted by Crippen LogP contribution is -2.37. The minimum absolute atomic E-state index is 0.0423. The Hall–Kier alpha value is -1.79. The van der Waals surface area contributed by atoms with Crippen molar-refractivity contribution < 1.29 is 31.1 Å². The Kier molecular flexibility index (Phi) is 3.81. The third-order valence-electron chi connectivity index (χ3n) is 4.98. The number of hydrogen-bond acceptors (Lipinski definition) is 1. The highest BCUT2D eigenvalue weighted by Gasteiger charge is 2.52. The van der Waals surface area contributed by atoms with Crippen molar-refractivity contribution in [3.05, 3.63) is 46.6 Å². The zero-order valence-electron chi connectivity index (χ0n) is 12.5. The monoisotopic (exact) mass is 348 g/mol. The van der Waals surface area contributed by atoms with Crippen LogP contribution in [0.1, 0.15) is 32.1 Å². The smallest absolute Gasteiger partial charge is 0.290 e. The molecule has 0 bridgehead atoms.